The molecule has 6 nitrogen and oxygen atoms in total. The zero-order valence-corrected chi connectivity index (χ0v) is 14.6. The van der Waals surface area contributed by atoms with Gasteiger partial charge in [0, 0.05) is 17.7 Å². The molecular weight excluding hydrogens is 358 g/mol. The zero-order valence-electron chi connectivity index (χ0n) is 14.6. The van der Waals surface area contributed by atoms with Crippen molar-refractivity contribution in [2.75, 3.05) is 0 Å². The molecule has 0 aliphatic heterocycles. The van der Waals surface area contributed by atoms with E-state index in [0.717, 1.165) is 5.56 Å². The number of non-ortho nitro benzene ring substituents is 1. The van der Waals surface area contributed by atoms with Crippen LogP contribution >= 0.6 is 0 Å². The Morgan fingerprint density at radius 2 is 1.46 bits per heavy atom. The molecule has 0 fully saturated rings. The molecule has 3 rings (SSSR count). The predicted octanol–water partition coefficient (Wildman–Crippen LogP) is 4.71. The number of carbonyl (C=O) groups excluding carboxylic acids is 2. The Morgan fingerprint density at radius 1 is 0.821 bits per heavy atom. The molecule has 0 N–H and O–H groups in total. The number of benzene rings is 3. The van der Waals surface area contributed by atoms with Crippen LogP contribution in [-0.2, 0) is 0 Å². The smallest absolute Gasteiger partial charge is 0.343 e. The van der Waals surface area contributed by atoms with Crippen molar-refractivity contribution in [2.24, 2.45) is 0 Å². The summed E-state index contributed by atoms with van der Waals surface area (Å²) in [6.07, 6.45) is 3.16. The van der Waals surface area contributed by atoms with E-state index in [0.29, 0.717) is 11.3 Å². The number of esters is 1. The molecule has 28 heavy (non-hydrogen) atoms. The van der Waals surface area contributed by atoms with Crippen molar-refractivity contribution in [1.82, 2.24) is 0 Å². The van der Waals surface area contributed by atoms with Crippen molar-refractivity contribution >= 4 is 23.5 Å². The fraction of sp³-hybridized carbons (Fsp3) is 0. The van der Waals surface area contributed by atoms with Gasteiger partial charge in [0.25, 0.3) is 5.69 Å². The number of allylic oxidation sites excluding steroid dienone is 1. The molecule has 0 aliphatic carbocycles. The van der Waals surface area contributed by atoms with Crippen molar-refractivity contribution < 1.29 is 19.2 Å². The lowest BCUT2D eigenvalue weighted by Crippen LogP contribution is -2.08. The molecule has 0 aliphatic rings. The van der Waals surface area contributed by atoms with Gasteiger partial charge in [0.15, 0.2) is 5.78 Å². The van der Waals surface area contributed by atoms with E-state index in [2.05, 4.69) is 0 Å². The Labute approximate surface area is 160 Å². The quantitative estimate of drug-likeness (QED) is 0.156. The summed E-state index contributed by atoms with van der Waals surface area (Å²) >= 11 is 0. The van der Waals surface area contributed by atoms with Crippen molar-refractivity contribution in [3.05, 3.63) is 112 Å². The SMILES string of the molecule is O=C(/C=C/c1ccc(OC(=O)c2ccc([N+](=O)[O-])cc2)cc1)c1ccccc1. The number of nitro groups is 1. The summed E-state index contributed by atoms with van der Waals surface area (Å²) in [5, 5.41) is 10.6. The first-order valence-corrected chi connectivity index (χ1v) is 8.37. The van der Waals surface area contributed by atoms with Gasteiger partial charge in [-0.05, 0) is 35.9 Å². The Hall–Kier alpha value is -4.06. The lowest BCUT2D eigenvalue weighted by Gasteiger charge is -2.04. The Bertz CT molecular complexity index is 1020. The minimum Gasteiger partial charge on any atom is -0.423 e. The molecule has 3 aromatic rings. The molecule has 0 spiro atoms. The summed E-state index contributed by atoms with van der Waals surface area (Å²) in [6.45, 7) is 0. The van der Waals surface area contributed by atoms with Crippen LogP contribution in [0.1, 0.15) is 26.3 Å². The van der Waals surface area contributed by atoms with E-state index in [1.807, 2.05) is 6.07 Å². The zero-order chi connectivity index (χ0) is 19.9. The van der Waals surface area contributed by atoms with Crippen LogP contribution < -0.4 is 4.74 Å². The average Bonchev–Trinajstić information content (AvgIpc) is 2.73. The van der Waals surface area contributed by atoms with E-state index < -0.39 is 10.9 Å². The second kappa shape index (κ2) is 8.55. The highest BCUT2D eigenvalue weighted by molar-refractivity contribution is 6.06. The third-order valence-corrected chi connectivity index (χ3v) is 3.89. The van der Waals surface area contributed by atoms with Crippen LogP contribution in [0.4, 0.5) is 5.69 Å². The third-order valence-electron chi connectivity index (χ3n) is 3.89. The van der Waals surface area contributed by atoms with Crippen LogP contribution in [-0.4, -0.2) is 16.7 Å². The second-order valence-corrected chi connectivity index (χ2v) is 5.83. The molecule has 0 unspecified atom stereocenters. The first-order valence-electron chi connectivity index (χ1n) is 8.37. The van der Waals surface area contributed by atoms with E-state index in [1.54, 1.807) is 54.6 Å². The number of hydrogen-bond donors (Lipinski definition) is 0. The van der Waals surface area contributed by atoms with Gasteiger partial charge in [-0.25, -0.2) is 4.79 Å². The van der Waals surface area contributed by atoms with Gasteiger partial charge in [-0.15, -0.1) is 0 Å². The van der Waals surface area contributed by atoms with Gasteiger partial charge in [0.1, 0.15) is 5.75 Å². The number of nitrogens with zero attached hydrogens (tertiary/aromatic N) is 1. The molecule has 0 heterocycles. The fourth-order valence-electron chi connectivity index (χ4n) is 2.40. The summed E-state index contributed by atoms with van der Waals surface area (Å²) in [5.74, 6) is -0.387. The van der Waals surface area contributed by atoms with Crippen LogP contribution in [0.3, 0.4) is 0 Å². The first kappa shape index (κ1) is 18.7. The van der Waals surface area contributed by atoms with Gasteiger partial charge in [0.05, 0.1) is 10.5 Å². The molecule has 0 aromatic heterocycles. The van der Waals surface area contributed by atoms with E-state index in [4.69, 9.17) is 4.74 Å². The number of hydrogen-bond acceptors (Lipinski definition) is 5. The largest absolute Gasteiger partial charge is 0.423 e. The molecule has 6 heteroatoms. The fourth-order valence-corrected chi connectivity index (χ4v) is 2.40. The van der Waals surface area contributed by atoms with E-state index >= 15 is 0 Å². The van der Waals surface area contributed by atoms with Gasteiger partial charge in [-0.2, -0.15) is 0 Å². The lowest BCUT2D eigenvalue weighted by atomic mass is 10.1. The van der Waals surface area contributed by atoms with E-state index in [9.17, 15) is 19.7 Å². The van der Waals surface area contributed by atoms with Crippen molar-refractivity contribution in [3.63, 3.8) is 0 Å². The third kappa shape index (κ3) is 4.76. The minimum absolute atomic E-state index is 0.0993. The van der Waals surface area contributed by atoms with Crippen molar-refractivity contribution in [3.8, 4) is 5.75 Å². The van der Waals surface area contributed by atoms with Gasteiger partial charge >= 0.3 is 5.97 Å². The average molecular weight is 373 g/mol. The summed E-state index contributed by atoms with van der Waals surface area (Å²) in [7, 11) is 0. The monoisotopic (exact) mass is 373 g/mol. The maximum absolute atomic E-state index is 12.1. The number of ether oxygens (including phenoxy) is 1. The van der Waals surface area contributed by atoms with E-state index in [-0.39, 0.29) is 17.0 Å². The second-order valence-electron chi connectivity index (χ2n) is 5.83. The number of ketones is 1. The Balaban J connectivity index is 1.62. The summed E-state index contributed by atoms with van der Waals surface area (Å²) < 4.78 is 5.25. The van der Waals surface area contributed by atoms with Gasteiger partial charge in [-0.3, -0.25) is 14.9 Å². The molecule has 0 saturated heterocycles. The summed E-state index contributed by atoms with van der Waals surface area (Å²) in [4.78, 5) is 34.3. The van der Waals surface area contributed by atoms with Gasteiger partial charge in [-0.1, -0.05) is 48.5 Å². The Kier molecular flexibility index (Phi) is 5.72. The molecule has 0 radical (unpaired) electrons. The highest BCUT2D eigenvalue weighted by Gasteiger charge is 2.11. The molecule has 0 amide bonds. The number of carbonyl (C=O) groups is 2. The van der Waals surface area contributed by atoms with Crippen LogP contribution in [0.5, 0.6) is 5.75 Å². The molecule has 0 bridgehead atoms. The van der Waals surface area contributed by atoms with Crippen molar-refractivity contribution in [1.29, 1.82) is 0 Å². The maximum Gasteiger partial charge on any atom is 0.343 e. The van der Waals surface area contributed by atoms with Crippen molar-refractivity contribution in [2.45, 2.75) is 0 Å². The summed E-state index contributed by atoms with van der Waals surface area (Å²) in [6, 6.07) is 20.7. The minimum atomic E-state index is -0.613. The van der Waals surface area contributed by atoms with Crippen LogP contribution in [0, 0.1) is 10.1 Å². The molecular formula is C22H15NO5. The highest BCUT2D eigenvalue weighted by atomic mass is 16.6. The maximum atomic E-state index is 12.1. The van der Waals surface area contributed by atoms with E-state index in [1.165, 1.54) is 30.3 Å². The van der Waals surface area contributed by atoms with Crippen LogP contribution in [0.2, 0.25) is 0 Å². The molecule has 3 aromatic carbocycles. The van der Waals surface area contributed by atoms with Gasteiger partial charge < -0.3 is 4.74 Å². The number of nitro benzene ring substituents is 1. The molecule has 0 saturated carbocycles. The topological polar surface area (TPSA) is 86.5 Å². The normalized spacial score (nSPS) is 10.6. The van der Waals surface area contributed by atoms with Gasteiger partial charge in [0.2, 0.25) is 0 Å². The molecule has 138 valence electrons. The first-order chi connectivity index (χ1) is 13.5. The lowest BCUT2D eigenvalue weighted by molar-refractivity contribution is -0.384. The molecule has 0 atom stereocenters. The summed E-state index contributed by atoms with van der Waals surface area (Å²) in [5.41, 5.74) is 1.49. The standard InChI is InChI=1S/C22H15NO5/c24-21(17-4-2-1-3-5-17)15-8-16-6-13-20(14-7-16)28-22(25)18-9-11-19(12-10-18)23(26)27/h1-15H/b15-8+. The number of rotatable bonds is 6. The van der Waals surface area contributed by atoms with Crippen LogP contribution in [0.15, 0.2) is 84.9 Å². The highest BCUT2D eigenvalue weighted by Crippen LogP contribution is 2.17. The Morgan fingerprint density at radius 3 is 2.07 bits per heavy atom. The predicted molar refractivity (Wildman–Crippen MR) is 104 cm³/mol. The van der Waals surface area contributed by atoms with Crippen LogP contribution in [0.25, 0.3) is 6.08 Å².